The first kappa shape index (κ1) is 18.2. The van der Waals surface area contributed by atoms with Crippen molar-refractivity contribution in [2.45, 2.75) is 25.9 Å². The third-order valence-electron chi connectivity index (χ3n) is 4.29. The van der Waals surface area contributed by atoms with E-state index in [9.17, 15) is 18.0 Å². The van der Waals surface area contributed by atoms with Gasteiger partial charge in [0.25, 0.3) is 0 Å². The third-order valence-corrected chi connectivity index (χ3v) is 5.51. The van der Waals surface area contributed by atoms with E-state index in [1.807, 2.05) is 0 Å². The van der Waals surface area contributed by atoms with Crippen LogP contribution in [0.1, 0.15) is 19.8 Å². The Kier molecular flexibility index (Phi) is 5.99. The summed E-state index contributed by atoms with van der Waals surface area (Å²) in [5, 5.41) is 0. The zero-order valence-corrected chi connectivity index (χ0v) is 14.5. The van der Waals surface area contributed by atoms with Gasteiger partial charge in [-0.25, -0.2) is 8.42 Å². The van der Waals surface area contributed by atoms with Crippen LogP contribution in [0.5, 0.6) is 0 Å². The number of nitrogens with zero attached hydrogens (tertiary/aromatic N) is 3. The zero-order chi connectivity index (χ0) is 17.0. The molecule has 0 aliphatic carbocycles. The van der Waals surface area contributed by atoms with Crippen molar-refractivity contribution in [3.05, 3.63) is 0 Å². The number of amides is 2. The molecule has 132 valence electrons. The van der Waals surface area contributed by atoms with Crippen molar-refractivity contribution in [2.24, 2.45) is 0 Å². The molecule has 2 heterocycles. The summed E-state index contributed by atoms with van der Waals surface area (Å²) in [7, 11) is -3.47. The van der Waals surface area contributed by atoms with Crippen LogP contribution in [0.25, 0.3) is 0 Å². The Bertz CT molecular complexity index is 537. The van der Waals surface area contributed by atoms with E-state index in [1.165, 1.54) is 11.2 Å². The molecular weight excluding hydrogens is 322 g/mol. The molecule has 2 saturated heterocycles. The van der Waals surface area contributed by atoms with Crippen molar-refractivity contribution in [3.8, 4) is 0 Å². The summed E-state index contributed by atoms with van der Waals surface area (Å²) in [5.74, 6) is -0.232. The average molecular weight is 347 g/mol. The molecule has 0 saturated carbocycles. The maximum Gasteiger partial charge on any atom is 0.238 e. The predicted molar refractivity (Wildman–Crippen MR) is 84.2 cm³/mol. The van der Waals surface area contributed by atoms with Crippen molar-refractivity contribution < 1.29 is 22.7 Å². The quantitative estimate of drug-likeness (QED) is 0.644. The van der Waals surface area contributed by atoms with Gasteiger partial charge < -0.3 is 14.5 Å². The lowest BCUT2D eigenvalue weighted by molar-refractivity contribution is -0.138. The number of rotatable bonds is 5. The molecule has 0 aromatic carbocycles. The van der Waals surface area contributed by atoms with Crippen LogP contribution in [0, 0.1) is 0 Å². The van der Waals surface area contributed by atoms with E-state index in [1.54, 1.807) is 9.80 Å². The molecule has 9 heteroatoms. The number of hydrogen-bond donors (Lipinski definition) is 0. The Labute approximate surface area is 137 Å². The molecule has 0 aromatic heterocycles. The Hall–Kier alpha value is -1.19. The SMILES string of the molecule is CC(=O)N1CCN(C(=O)CN(CC2CCCO2)S(C)(=O)=O)CC1. The summed E-state index contributed by atoms with van der Waals surface area (Å²) >= 11 is 0. The molecule has 2 amide bonds. The maximum atomic E-state index is 12.4. The summed E-state index contributed by atoms with van der Waals surface area (Å²) in [6.07, 6.45) is 2.72. The highest BCUT2D eigenvalue weighted by Crippen LogP contribution is 2.15. The average Bonchev–Trinajstić information content (AvgIpc) is 2.98. The minimum atomic E-state index is -3.47. The number of carbonyl (C=O) groups is 2. The highest BCUT2D eigenvalue weighted by molar-refractivity contribution is 7.88. The standard InChI is InChI=1S/C14H25N3O5S/c1-12(18)15-5-7-16(8-6-15)14(19)11-17(23(2,20)21)10-13-4-3-9-22-13/h13H,3-11H2,1-2H3. The van der Waals surface area contributed by atoms with Crippen molar-refractivity contribution >= 4 is 21.8 Å². The van der Waals surface area contributed by atoms with Gasteiger partial charge in [0.05, 0.1) is 18.9 Å². The van der Waals surface area contributed by atoms with Crippen LogP contribution >= 0.6 is 0 Å². The van der Waals surface area contributed by atoms with E-state index in [0.29, 0.717) is 32.8 Å². The van der Waals surface area contributed by atoms with Gasteiger partial charge in [-0.1, -0.05) is 0 Å². The number of hydrogen-bond acceptors (Lipinski definition) is 5. The molecule has 1 unspecified atom stereocenters. The topological polar surface area (TPSA) is 87.2 Å². The lowest BCUT2D eigenvalue weighted by Gasteiger charge is -2.35. The molecule has 2 aliphatic rings. The molecule has 2 fully saturated rings. The number of ether oxygens (including phenoxy) is 1. The first-order valence-electron chi connectivity index (χ1n) is 7.87. The first-order valence-corrected chi connectivity index (χ1v) is 9.72. The van der Waals surface area contributed by atoms with Gasteiger partial charge >= 0.3 is 0 Å². The lowest BCUT2D eigenvalue weighted by atomic mass is 10.2. The monoisotopic (exact) mass is 347 g/mol. The number of carbonyl (C=O) groups excluding carboxylic acids is 2. The van der Waals surface area contributed by atoms with Gasteiger partial charge in [-0.15, -0.1) is 0 Å². The van der Waals surface area contributed by atoms with Crippen LogP contribution in [-0.4, -0.2) is 92.6 Å². The fourth-order valence-electron chi connectivity index (χ4n) is 2.85. The van der Waals surface area contributed by atoms with Crippen molar-refractivity contribution in [2.75, 3.05) is 52.1 Å². The van der Waals surface area contributed by atoms with E-state index in [0.717, 1.165) is 19.1 Å². The van der Waals surface area contributed by atoms with Crippen LogP contribution in [0.15, 0.2) is 0 Å². The summed E-state index contributed by atoms with van der Waals surface area (Å²) in [6.45, 7) is 4.06. The minimum Gasteiger partial charge on any atom is -0.377 e. The fourth-order valence-corrected chi connectivity index (χ4v) is 3.64. The maximum absolute atomic E-state index is 12.4. The van der Waals surface area contributed by atoms with E-state index < -0.39 is 10.0 Å². The molecule has 0 spiro atoms. The van der Waals surface area contributed by atoms with Crippen LogP contribution < -0.4 is 0 Å². The van der Waals surface area contributed by atoms with Gasteiger partial charge in [0.2, 0.25) is 21.8 Å². The normalized spacial score (nSPS) is 22.7. The van der Waals surface area contributed by atoms with Crippen LogP contribution in [0.3, 0.4) is 0 Å². The molecule has 8 nitrogen and oxygen atoms in total. The molecule has 2 aliphatic heterocycles. The van der Waals surface area contributed by atoms with Gasteiger partial charge in [0, 0.05) is 46.3 Å². The van der Waals surface area contributed by atoms with Crippen molar-refractivity contribution in [1.29, 1.82) is 0 Å². The molecule has 0 radical (unpaired) electrons. The molecule has 0 aromatic rings. The summed E-state index contributed by atoms with van der Waals surface area (Å²) in [4.78, 5) is 27.0. The van der Waals surface area contributed by atoms with Gasteiger partial charge in [0.15, 0.2) is 0 Å². The Balaban J connectivity index is 1.91. The molecular formula is C14H25N3O5S. The van der Waals surface area contributed by atoms with Gasteiger partial charge in [-0.2, -0.15) is 4.31 Å². The molecule has 2 rings (SSSR count). The largest absolute Gasteiger partial charge is 0.377 e. The van der Waals surface area contributed by atoms with Gasteiger partial charge in [-0.05, 0) is 12.8 Å². The van der Waals surface area contributed by atoms with Crippen molar-refractivity contribution in [3.63, 3.8) is 0 Å². The minimum absolute atomic E-state index is 0.00626. The summed E-state index contributed by atoms with van der Waals surface area (Å²) < 4.78 is 30.5. The highest BCUT2D eigenvalue weighted by atomic mass is 32.2. The van der Waals surface area contributed by atoms with Crippen molar-refractivity contribution in [1.82, 2.24) is 14.1 Å². The Morgan fingerprint density at radius 3 is 2.26 bits per heavy atom. The van der Waals surface area contributed by atoms with E-state index in [4.69, 9.17) is 4.74 Å². The van der Waals surface area contributed by atoms with Crippen LogP contribution in [0.2, 0.25) is 0 Å². The van der Waals surface area contributed by atoms with Gasteiger partial charge in [-0.3, -0.25) is 9.59 Å². The second kappa shape index (κ2) is 7.59. The van der Waals surface area contributed by atoms with Crippen LogP contribution in [-0.2, 0) is 24.3 Å². The van der Waals surface area contributed by atoms with Crippen LogP contribution in [0.4, 0.5) is 0 Å². The fraction of sp³-hybridized carbons (Fsp3) is 0.857. The number of piperazine rings is 1. The number of sulfonamides is 1. The third kappa shape index (κ3) is 5.15. The summed E-state index contributed by atoms with van der Waals surface area (Å²) in [5.41, 5.74) is 0. The zero-order valence-electron chi connectivity index (χ0n) is 13.7. The molecule has 23 heavy (non-hydrogen) atoms. The molecule has 1 atom stereocenters. The molecule has 0 bridgehead atoms. The van der Waals surface area contributed by atoms with Gasteiger partial charge in [0.1, 0.15) is 0 Å². The van der Waals surface area contributed by atoms with E-state index in [2.05, 4.69) is 0 Å². The highest BCUT2D eigenvalue weighted by Gasteiger charge is 2.29. The second-order valence-electron chi connectivity index (χ2n) is 6.08. The smallest absolute Gasteiger partial charge is 0.238 e. The first-order chi connectivity index (χ1) is 10.8. The Morgan fingerprint density at radius 1 is 1.17 bits per heavy atom. The summed E-state index contributed by atoms with van der Waals surface area (Å²) in [6, 6.07) is 0. The predicted octanol–water partition coefficient (Wildman–Crippen LogP) is -0.882. The van der Waals surface area contributed by atoms with E-state index in [-0.39, 0.29) is 31.0 Å². The molecule has 0 N–H and O–H groups in total. The lowest BCUT2D eigenvalue weighted by Crippen LogP contribution is -2.53. The Morgan fingerprint density at radius 2 is 1.78 bits per heavy atom. The van der Waals surface area contributed by atoms with E-state index >= 15 is 0 Å². The second-order valence-corrected chi connectivity index (χ2v) is 8.06.